The first-order valence-electron chi connectivity index (χ1n) is 6.16. The second-order valence-electron chi connectivity index (χ2n) is 4.24. The fourth-order valence-corrected chi connectivity index (χ4v) is 2.42. The maximum Gasteiger partial charge on any atom is 0.156 e. The predicted molar refractivity (Wildman–Crippen MR) is 73.8 cm³/mol. The molecule has 1 unspecified atom stereocenters. The van der Waals surface area contributed by atoms with E-state index in [9.17, 15) is 0 Å². The van der Waals surface area contributed by atoms with Gasteiger partial charge in [-0.15, -0.1) is 0 Å². The molecule has 1 aromatic carbocycles. The van der Waals surface area contributed by atoms with Gasteiger partial charge in [0.15, 0.2) is 5.75 Å². The molecule has 1 saturated heterocycles. The van der Waals surface area contributed by atoms with Crippen molar-refractivity contribution in [1.82, 2.24) is 5.32 Å². The first-order valence-corrected chi connectivity index (χ1v) is 6.92. The van der Waals surface area contributed by atoms with Crippen LogP contribution in [0.25, 0.3) is 0 Å². The summed E-state index contributed by atoms with van der Waals surface area (Å²) in [5.41, 5.74) is 0. The van der Waals surface area contributed by atoms with Crippen molar-refractivity contribution in [1.29, 1.82) is 0 Å². The number of rotatable bonds is 6. The van der Waals surface area contributed by atoms with Gasteiger partial charge in [0.1, 0.15) is 6.61 Å². The van der Waals surface area contributed by atoms with Gasteiger partial charge in [0.05, 0.1) is 16.1 Å². The van der Waals surface area contributed by atoms with Gasteiger partial charge in [0, 0.05) is 19.7 Å². The standard InChI is InChI=1S/C13H17Cl2NO2/c14-11-4-1-5-12(15)13(11)18-8-6-16-9-10-3-2-7-17-10/h1,4-5,10,16H,2-3,6-9H2. The highest BCUT2D eigenvalue weighted by atomic mass is 35.5. The Morgan fingerprint density at radius 2 is 2.11 bits per heavy atom. The van der Waals surface area contributed by atoms with Gasteiger partial charge in [-0.05, 0) is 25.0 Å². The minimum Gasteiger partial charge on any atom is -0.489 e. The summed E-state index contributed by atoms with van der Waals surface area (Å²) in [5, 5.41) is 4.39. The topological polar surface area (TPSA) is 30.5 Å². The molecule has 0 spiro atoms. The van der Waals surface area contributed by atoms with E-state index < -0.39 is 0 Å². The molecule has 1 aliphatic heterocycles. The van der Waals surface area contributed by atoms with Gasteiger partial charge in [-0.2, -0.15) is 0 Å². The van der Waals surface area contributed by atoms with E-state index >= 15 is 0 Å². The summed E-state index contributed by atoms with van der Waals surface area (Å²) in [5.74, 6) is 0.555. The Kier molecular flexibility index (Phi) is 5.57. The van der Waals surface area contributed by atoms with Crippen molar-refractivity contribution in [2.75, 3.05) is 26.3 Å². The normalized spacial score (nSPS) is 19.1. The second-order valence-corrected chi connectivity index (χ2v) is 5.05. The zero-order valence-corrected chi connectivity index (χ0v) is 11.6. The lowest BCUT2D eigenvalue weighted by atomic mass is 10.2. The summed E-state index contributed by atoms with van der Waals surface area (Å²) in [4.78, 5) is 0. The molecule has 0 aliphatic carbocycles. The zero-order valence-electron chi connectivity index (χ0n) is 10.1. The van der Waals surface area contributed by atoms with Gasteiger partial charge in [-0.1, -0.05) is 29.3 Å². The van der Waals surface area contributed by atoms with Crippen LogP contribution in [0.2, 0.25) is 10.0 Å². The zero-order chi connectivity index (χ0) is 12.8. The number of halogens is 2. The number of ether oxygens (including phenoxy) is 2. The molecular formula is C13H17Cl2NO2. The van der Waals surface area contributed by atoms with E-state index in [1.165, 1.54) is 0 Å². The molecule has 1 aliphatic rings. The number of benzene rings is 1. The van der Waals surface area contributed by atoms with Crippen LogP contribution >= 0.6 is 23.2 Å². The Bertz CT molecular complexity index is 361. The summed E-state index contributed by atoms with van der Waals surface area (Å²) >= 11 is 12.0. The van der Waals surface area contributed by atoms with Crippen LogP contribution in [-0.2, 0) is 4.74 Å². The van der Waals surface area contributed by atoms with Crippen LogP contribution in [0.15, 0.2) is 18.2 Å². The average molecular weight is 290 g/mol. The highest BCUT2D eigenvalue weighted by Gasteiger charge is 2.14. The Labute approximate surface area is 117 Å². The van der Waals surface area contributed by atoms with Gasteiger partial charge in [0.2, 0.25) is 0 Å². The Balaban J connectivity index is 1.65. The molecule has 1 atom stereocenters. The molecule has 0 bridgehead atoms. The van der Waals surface area contributed by atoms with Crippen molar-refractivity contribution in [3.05, 3.63) is 28.2 Å². The smallest absolute Gasteiger partial charge is 0.156 e. The lowest BCUT2D eigenvalue weighted by Crippen LogP contribution is -2.29. The van der Waals surface area contributed by atoms with Crippen molar-refractivity contribution in [3.63, 3.8) is 0 Å². The number of hydrogen-bond donors (Lipinski definition) is 1. The highest BCUT2D eigenvalue weighted by Crippen LogP contribution is 2.32. The molecule has 1 aromatic rings. The number of hydrogen-bond acceptors (Lipinski definition) is 3. The number of para-hydroxylation sites is 1. The fraction of sp³-hybridized carbons (Fsp3) is 0.538. The Hall–Kier alpha value is -0.480. The van der Waals surface area contributed by atoms with Crippen LogP contribution in [0, 0.1) is 0 Å². The third kappa shape index (κ3) is 4.02. The van der Waals surface area contributed by atoms with Crippen molar-refractivity contribution in [3.8, 4) is 5.75 Å². The van der Waals surface area contributed by atoms with Gasteiger partial charge < -0.3 is 14.8 Å². The molecule has 2 rings (SSSR count). The van der Waals surface area contributed by atoms with Crippen molar-refractivity contribution in [2.24, 2.45) is 0 Å². The van der Waals surface area contributed by atoms with Crippen LogP contribution in [0.4, 0.5) is 0 Å². The minimum absolute atomic E-state index is 0.355. The molecule has 100 valence electrons. The first kappa shape index (κ1) is 13.9. The van der Waals surface area contributed by atoms with Gasteiger partial charge >= 0.3 is 0 Å². The van der Waals surface area contributed by atoms with Gasteiger partial charge in [0.25, 0.3) is 0 Å². The summed E-state index contributed by atoms with van der Waals surface area (Å²) in [6, 6.07) is 5.33. The molecule has 0 aromatic heterocycles. The average Bonchev–Trinajstić information content (AvgIpc) is 2.85. The molecule has 3 nitrogen and oxygen atoms in total. The second kappa shape index (κ2) is 7.19. The largest absolute Gasteiger partial charge is 0.489 e. The van der Waals surface area contributed by atoms with Crippen LogP contribution in [0.3, 0.4) is 0 Å². The summed E-state index contributed by atoms with van der Waals surface area (Å²) in [6.07, 6.45) is 2.66. The first-order chi connectivity index (χ1) is 8.77. The number of nitrogens with one attached hydrogen (secondary N) is 1. The quantitative estimate of drug-likeness (QED) is 0.816. The molecule has 1 N–H and O–H groups in total. The van der Waals surface area contributed by atoms with Gasteiger partial charge in [-0.25, -0.2) is 0 Å². The third-order valence-corrected chi connectivity index (χ3v) is 3.44. The van der Waals surface area contributed by atoms with E-state index in [2.05, 4.69) is 5.32 Å². The van der Waals surface area contributed by atoms with Crippen molar-refractivity contribution in [2.45, 2.75) is 18.9 Å². The van der Waals surface area contributed by atoms with Gasteiger partial charge in [-0.3, -0.25) is 0 Å². The molecular weight excluding hydrogens is 273 g/mol. The van der Waals surface area contributed by atoms with Crippen LogP contribution < -0.4 is 10.1 Å². The monoisotopic (exact) mass is 289 g/mol. The summed E-state index contributed by atoms with van der Waals surface area (Å²) < 4.78 is 11.1. The highest BCUT2D eigenvalue weighted by molar-refractivity contribution is 6.37. The lowest BCUT2D eigenvalue weighted by molar-refractivity contribution is 0.109. The maximum atomic E-state index is 6.00. The van der Waals surface area contributed by atoms with E-state index in [1.807, 2.05) is 0 Å². The van der Waals surface area contributed by atoms with Crippen LogP contribution in [0.5, 0.6) is 5.75 Å². The van der Waals surface area contributed by atoms with E-state index in [4.69, 9.17) is 32.7 Å². The molecule has 0 radical (unpaired) electrons. The molecule has 1 fully saturated rings. The van der Waals surface area contributed by atoms with Crippen molar-refractivity contribution >= 4 is 23.2 Å². The van der Waals surface area contributed by atoms with Crippen molar-refractivity contribution < 1.29 is 9.47 Å². The van der Waals surface area contributed by atoms with E-state index in [0.29, 0.717) is 28.5 Å². The molecule has 0 saturated carbocycles. The third-order valence-electron chi connectivity index (χ3n) is 2.84. The van der Waals surface area contributed by atoms with Crippen LogP contribution in [-0.4, -0.2) is 32.4 Å². The molecule has 5 heteroatoms. The predicted octanol–water partition coefficient (Wildman–Crippen LogP) is 3.14. The minimum atomic E-state index is 0.355. The summed E-state index contributed by atoms with van der Waals surface area (Å²) in [7, 11) is 0. The Morgan fingerprint density at radius 1 is 1.33 bits per heavy atom. The molecule has 18 heavy (non-hydrogen) atoms. The van der Waals surface area contributed by atoms with E-state index in [0.717, 1.165) is 32.5 Å². The molecule has 1 heterocycles. The van der Waals surface area contributed by atoms with E-state index in [1.54, 1.807) is 18.2 Å². The SMILES string of the molecule is Clc1cccc(Cl)c1OCCNCC1CCCO1. The lowest BCUT2D eigenvalue weighted by Gasteiger charge is -2.12. The fourth-order valence-electron chi connectivity index (χ4n) is 1.91. The van der Waals surface area contributed by atoms with Crippen LogP contribution in [0.1, 0.15) is 12.8 Å². The Morgan fingerprint density at radius 3 is 2.78 bits per heavy atom. The van der Waals surface area contributed by atoms with E-state index in [-0.39, 0.29) is 0 Å². The maximum absolute atomic E-state index is 6.00. The summed E-state index contributed by atoms with van der Waals surface area (Å²) in [6.45, 7) is 3.05. The molecule has 0 amide bonds.